The molecule has 7 nitrogen and oxygen atoms in total. The Morgan fingerprint density at radius 3 is 2.41 bits per heavy atom. The van der Waals surface area contributed by atoms with Gasteiger partial charge in [-0.25, -0.2) is 9.02 Å². The van der Waals surface area contributed by atoms with Crippen LogP contribution in [0.3, 0.4) is 0 Å². The normalized spacial score (nSPS) is 11.7. The topological polar surface area (TPSA) is 86.5 Å². The van der Waals surface area contributed by atoms with Crippen LogP contribution in [0.5, 0.6) is 11.5 Å². The van der Waals surface area contributed by atoms with Crippen molar-refractivity contribution in [1.29, 1.82) is 0 Å². The lowest BCUT2D eigenvalue weighted by Crippen LogP contribution is -2.32. The summed E-state index contributed by atoms with van der Waals surface area (Å²) in [6.45, 7) is 1.80. The number of ether oxygens (including phenoxy) is 2. The summed E-state index contributed by atoms with van der Waals surface area (Å²) < 4.78 is 28.5. The molecular weight excluding hydrogens is 353 g/mol. The standard InChI is InChI=1S/C19H18FN3O4/c1-3-16(26-15-10-6-13(20)7-11-15)19(24)21-18-17(22-27-23-18)12-4-8-14(25-2)9-5-12/h4-11,16H,3H2,1-2H3,(H,21,23,24). The Bertz CT molecular complexity index is 894. The van der Waals surface area contributed by atoms with Crippen molar-refractivity contribution in [3.05, 3.63) is 54.3 Å². The van der Waals surface area contributed by atoms with E-state index < -0.39 is 12.0 Å². The fourth-order valence-electron chi connectivity index (χ4n) is 2.41. The average molecular weight is 371 g/mol. The molecule has 140 valence electrons. The van der Waals surface area contributed by atoms with E-state index in [9.17, 15) is 9.18 Å². The highest BCUT2D eigenvalue weighted by atomic mass is 19.1. The maximum Gasteiger partial charge on any atom is 0.266 e. The number of benzene rings is 2. The van der Waals surface area contributed by atoms with Gasteiger partial charge in [0.15, 0.2) is 11.8 Å². The number of carbonyl (C=O) groups excluding carboxylic acids is 1. The number of nitrogens with one attached hydrogen (secondary N) is 1. The summed E-state index contributed by atoms with van der Waals surface area (Å²) >= 11 is 0. The van der Waals surface area contributed by atoms with Gasteiger partial charge in [-0.2, -0.15) is 0 Å². The molecule has 0 saturated carbocycles. The van der Waals surface area contributed by atoms with Gasteiger partial charge in [0.1, 0.15) is 17.3 Å². The SMILES string of the molecule is CCC(Oc1ccc(F)cc1)C(=O)Nc1nonc1-c1ccc(OC)cc1. The number of rotatable bonds is 7. The van der Waals surface area contributed by atoms with Crippen molar-refractivity contribution in [3.8, 4) is 22.8 Å². The summed E-state index contributed by atoms with van der Waals surface area (Å²) in [5.74, 6) is 0.489. The number of carbonyl (C=O) groups is 1. The summed E-state index contributed by atoms with van der Waals surface area (Å²) in [7, 11) is 1.57. The molecule has 0 fully saturated rings. The van der Waals surface area contributed by atoms with E-state index in [2.05, 4.69) is 15.6 Å². The van der Waals surface area contributed by atoms with E-state index in [4.69, 9.17) is 14.1 Å². The number of nitrogens with zero attached hydrogens (tertiary/aromatic N) is 2. The molecule has 0 saturated heterocycles. The third-order valence-corrected chi connectivity index (χ3v) is 3.85. The lowest BCUT2D eigenvalue weighted by molar-refractivity contribution is -0.122. The molecule has 1 atom stereocenters. The Kier molecular flexibility index (Phi) is 5.65. The number of methoxy groups -OCH3 is 1. The van der Waals surface area contributed by atoms with Crippen LogP contribution in [-0.4, -0.2) is 29.4 Å². The molecule has 27 heavy (non-hydrogen) atoms. The summed E-state index contributed by atoms with van der Waals surface area (Å²) in [5.41, 5.74) is 1.10. The van der Waals surface area contributed by atoms with Gasteiger partial charge in [-0.15, -0.1) is 0 Å². The lowest BCUT2D eigenvalue weighted by atomic mass is 10.1. The first-order valence-electron chi connectivity index (χ1n) is 8.30. The van der Waals surface area contributed by atoms with Crippen molar-refractivity contribution in [2.45, 2.75) is 19.4 Å². The molecule has 0 bridgehead atoms. The van der Waals surface area contributed by atoms with Crippen LogP contribution in [0, 0.1) is 5.82 Å². The third-order valence-electron chi connectivity index (χ3n) is 3.85. The number of hydrogen-bond donors (Lipinski definition) is 1. The van der Waals surface area contributed by atoms with Crippen LogP contribution in [0.25, 0.3) is 11.3 Å². The quantitative estimate of drug-likeness (QED) is 0.682. The summed E-state index contributed by atoms with van der Waals surface area (Å²) in [6.07, 6.45) is -0.373. The van der Waals surface area contributed by atoms with E-state index in [0.29, 0.717) is 29.2 Å². The third kappa shape index (κ3) is 4.41. The van der Waals surface area contributed by atoms with E-state index in [1.165, 1.54) is 24.3 Å². The predicted molar refractivity (Wildman–Crippen MR) is 96.0 cm³/mol. The fourth-order valence-corrected chi connectivity index (χ4v) is 2.41. The smallest absolute Gasteiger partial charge is 0.266 e. The molecule has 2 aromatic carbocycles. The van der Waals surface area contributed by atoms with Crippen molar-refractivity contribution in [2.24, 2.45) is 0 Å². The van der Waals surface area contributed by atoms with Crippen LogP contribution in [0.15, 0.2) is 53.2 Å². The van der Waals surface area contributed by atoms with Gasteiger partial charge in [0, 0.05) is 5.56 Å². The lowest BCUT2D eigenvalue weighted by Gasteiger charge is -2.16. The van der Waals surface area contributed by atoms with Crippen LogP contribution in [0.4, 0.5) is 10.2 Å². The molecule has 0 radical (unpaired) electrons. The van der Waals surface area contributed by atoms with E-state index >= 15 is 0 Å². The minimum atomic E-state index is -0.782. The van der Waals surface area contributed by atoms with Gasteiger partial charge >= 0.3 is 0 Å². The van der Waals surface area contributed by atoms with Crippen molar-refractivity contribution in [2.75, 3.05) is 12.4 Å². The van der Waals surface area contributed by atoms with E-state index in [0.717, 1.165) is 0 Å². The second kappa shape index (κ2) is 8.31. The largest absolute Gasteiger partial charge is 0.497 e. The molecule has 1 heterocycles. The number of anilines is 1. The minimum Gasteiger partial charge on any atom is -0.497 e. The van der Waals surface area contributed by atoms with Gasteiger partial charge in [-0.05, 0) is 65.3 Å². The van der Waals surface area contributed by atoms with Crippen molar-refractivity contribution >= 4 is 11.7 Å². The highest BCUT2D eigenvalue weighted by Gasteiger charge is 2.22. The Labute approximate surface area is 155 Å². The zero-order chi connectivity index (χ0) is 19.2. The number of hydrogen-bond acceptors (Lipinski definition) is 6. The summed E-state index contributed by atoms with van der Waals surface area (Å²) in [6, 6.07) is 12.6. The maximum atomic E-state index is 13.0. The van der Waals surface area contributed by atoms with E-state index in [1.54, 1.807) is 38.3 Å². The molecule has 8 heteroatoms. The maximum absolute atomic E-state index is 13.0. The van der Waals surface area contributed by atoms with Gasteiger partial charge in [0.25, 0.3) is 5.91 Å². The van der Waals surface area contributed by atoms with Crippen LogP contribution in [0.2, 0.25) is 0 Å². The highest BCUT2D eigenvalue weighted by Crippen LogP contribution is 2.26. The molecular formula is C19H18FN3O4. The van der Waals surface area contributed by atoms with Gasteiger partial charge in [-0.3, -0.25) is 4.79 Å². The Hall–Kier alpha value is -3.42. The second-order valence-electron chi connectivity index (χ2n) is 5.65. The zero-order valence-electron chi connectivity index (χ0n) is 14.8. The first-order chi connectivity index (χ1) is 13.1. The predicted octanol–water partition coefficient (Wildman–Crippen LogP) is 3.68. The molecule has 1 unspecified atom stereocenters. The zero-order valence-corrected chi connectivity index (χ0v) is 14.8. The minimum absolute atomic E-state index is 0.186. The Morgan fingerprint density at radius 1 is 1.11 bits per heavy atom. The molecule has 3 aromatic rings. The van der Waals surface area contributed by atoms with E-state index in [-0.39, 0.29) is 11.6 Å². The molecule has 1 amide bonds. The number of halogens is 1. The Morgan fingerprint density at radius 2 is 1.78 bits per heavy atom. The number of aromatic nitrogens is 2. The van der Waals surface area contributed by atoms with Crippen molar-refractivity contribution in [3.63, 3.8) is 0 Å². The molecule has 1 N–H and O–H groups in total. The van der Waals surface area contributed by atoms with Crippen LogP contribution >= 0.6 is 0 Å². The Balaban J connectivity index is 1.73. The monoisotopic (exact) mass is 371 g/mol. The first-order valence-corrected chi connectivity index (χ1v) is 8.30. The number of amides is 1. The van der Waals surface area contributed by atoms with Gasteiger partial charge < -0.3 is 14.8 Å². The van der Waals surface area contributed by atoms with E-state index in [1.807, 2.05) is 0 Å². The van der Waals surface area contributed by atoms with Gasteiger partial charge in [-0.1, -0.05) is 6.92 Å². The molecule has 0 aliphatic heterocycles. The van der Waals surface area contributed by atoms with Crippen LogP contribution < -0.4 is 14.8 Å². The fraction of sp³-hybridized carbons (Fsp3) is 0.211. The second-order valence-corrected chi connectivity index (χ2v) is 5.65. The van der Waals surface area contributed by atoms with Gasteiger partial charge in [0.2, 0.25) is 5.82 Å². The van der Waals surface area contributed by atoms with Crippen LogP contribution in [-0.2, 0) is 4.79 Å². The van der Waals surface area contributed by atoms with Crippen molar-refractivity contribution < 1.29 is 23.3 Å². The molecule has 1 aromatic heterocycles. The average Bonchev–Trinajstić information content (AvgIpc) is 3.15. The highest BCUT2D eigenvalue weighted by molar-refractivity contribution is 5.96. The molecule has 0 aliphatic carbocycles. The molecule has 3 rings (SSSR count). The van der Waals surface area contributed by atoms with Gasteiger partial charge in [0.05, 0.1) is 7.11 Å². The first kappa shape index (κ1) is 18.4. The van der Waals surface area contributed by atoms with Crippen molar-refractivity contribution in [1.82, 2.24) is 10.3 Å². The summed E-state index contributed by atoms with van der Waals surface area (Å²) in [4.78, 5) is 12.6. The van der Waals surface area contributed by atoms with Crippen LogP contribution in [0.1, 0.15) is 13.3 Å². The molecule has 0 aliphatic rings. The summed E-state index contributed by atoms with van der Waals surface area (Å²) in [5, 5.41) is 10.3. The molecule has 0 spiro atoms.